The Morgan fingerprint density at radius 1 is 1.09 bits per heavy atom. The topological polar surface area (TPSA) is 52.9 Å². The van der Waals surface area contributed by atoms with Gasteiger partial charge in [-0.25, -0.2) is 0 Å². The molecule has 1 heterocycles. The highest BCUT2D eigenvalue weighted by atomic mass is 19.4. The van der Waals surface area contributed by atoms with E-state index in [4.69, 9.17) is 0 Å². The molecule has 0 spiro atoms. The highest BCUT2D eigenvalue weighted by Gasteiger charge is 2.69. The number of hydrogen-bond acceptors (Lipinski definition) is 3. The SMILES string of the molecule is CCC(C)(C)[C@@H]1CCC2=NN(C(=O)c3ccc(-c4ccccc4)cc3)[C@@](O)(C(F)(F)F)[C@@H]2C1. The number of amides is 1. The maximum Gasteiger partial charge on any atom is 0.439 e. The molecule has 0 saturated heterocycles. The lowest BCUT2D eigenvalue weighted by Crippen LogP contribution is -2.62. The van der Waals surface area contributed by atoms with Crippen LogP contribution in [0.15, 0.2) is 59.7 Å². The lowest BCUT2D eigenvalue weighted by atomic mass is 9.64. The zero-order chi connectivity index (χ0) is 24.0. The Bertz CT molecular complexity index is 1050. The molecule has 1 amide bonds. The summed E-state index contributed by atoms with van der Waals surface area (Å²) in [6, 6.07) is 15.8. The van der Waals surface area contributed by atoms with E-state index < -0.39 is 23.7 Å². The molecule has 0 aromatic heterocycles. The molecule has 7 heteroatoms. The normalized spacial score (nSPS) is 25.5. The Hall–Kier alpha value is -2.67. The number of carbonyl (C=O) groups is 1. The molecule has 0 bridgehead atoms. The van der Waals surface area contributed by atoms with E-state index in [-0.39, 0.29) is 34.0 Å². The van der Waals surface area contributed by atoms with Gasteiger partial charge in [-0.05, 0) is 53.9 Å². The van der Waals surface area contributed by atoms with E-state index in [2.05, 4.69) is 5.10 Å². The van der Waals surface area contributed by atoms with Crippen LogP contribution >= 0.6 is 0 Å². The third-order valence-corrected chi connectivity index (χ3v) is 7.57. The van der Waals surface area contributed by atoms with Gasteiger partial charge in [-0.15, -0.1) is 0 Å². The summed E-state index contributed by atoms with van der Waals surface area (Å²) in [5, 5.41) is 15.4. The van der Waals surface area contributed by atoms with Gasteiger partial charge in [0.25, 0.3) is 11.6 Å². The molecule has 1 N–H and O–H groups in total. The standard InChI is InChI=1S/C26H29F3N2O2/c1-4-24(2,3)20-14-15-22-21(16-20)25(33,26(27,28)29)31(30-22)23(32)19-12-10-18(11-13-19)17-8-6-5-7-9-17/h5-13,20-21,33H,4,14-16H2,1-3H3/t20-,21-,25+/m1/s1. The zero-order valence-electron chi connectivity index (χ0n) is 19.1. The van der Waals surface area contributed by atoms with Crippen molar-refractivity contribution in [2.75, 3.05) is 0 Å². The van der Waals surface area contributed by atoms with Gasteiger partial charge in [-0.2, -0.15) is 23.3 Å². The quantitative estimate of drug-likeness (QED) is 0.587. The second-order valence-corrected chi connectivity index (χ2v) is 9.74. The molecule has 1 aliphatic heterocycles. The van der Waals surface area contributed by atoms with Gasteiger partial charge in [0.1, 0.15) is 0 Å². The molecule has 0 radical (unpaired) electrons. The van der Waals surface area contributed by atoms with Gasteiger partial charge in [0.05, 0.1) is 5.92 Å². The molecule has 1 fully saturated rings. The van der Waals surface area contributed by atoms with Gasteiger partial charge in [0.2, 0.25) is 0 Å². The predicted octanol–water partition coefficient (Wildman–Crippen LogP) is 6.27. The fraction of sp³-hybridized carbons (Fsp3) is 0.462. The third kappa shape index (κ3) is 3.97. The largest absolute Gasteiger partial charge is 0.439 e. The van der Waals surface area contributed by atoms with Crippen LogP contribution in [-0.2, 0) is 0 Å². The summed E-state index contributed by atoms with van der Waals surface area (Å²) >= 11 is 0. The number of rotatable bonds is 4. The Balaban J connectivity index is 1.66. The van der Waals surface area contributed by atoms with Gasteiger partial charge in [-0.3, -0.25) is 4.79 Å². The number of benzene rings is 2. The van der Waals surface area contributed by atoms with E-state index in [1.54, 1.807) is 12.1 Å². The molecule has 4 nitrogen and oxygen atoms in total. The van der Waals surface area contributed by atoms with Crippen LogP contribution < -0.4 is 0 Å². The van der Waals surface area contributed by atoms with Crippen LogP contribution in [0, 0.1) is 17.3 Å². The number of fused-ring (bicyclic) bond motifs is 1. The van der Waals surface area contributed by atoms with Crippen molar-refractivity contribution >= 4 is 11.6 Å². The first-order chi connectivity index (χ1) is 15.5. The average molecular weight is 459 g/mol. The highest BCUT2D eigenvalue weighted by Crippen LogP contribution is 2.52. The molecule has 0 unspecified atom stereocenters. The highest BCUT2D eigenvalue weighted by molar-refractivity contribution is 5.99. The van der Waals surface area contributed by atoms with Crippen molar-refractivity contribution in [3.63, 3.8) is 0 Å². The van der Waals surface area contributed by atoms with Gasteiger partial charge in [0, 0.05) is 11.3 Å². The molecular formula is C26H29F3N2O2. The van der Waals surface area contributed by atoms with Crippen molar-refractivity contribution < 1.29 is 23.1 Å². The number of hydrazone groups is 1. The first kappa shape index (κ1) is 23.5. The van der Waals surface area contributed by atoms with Crippen LogP contribution in [0.3, 0.4) is 0 Å². The number of alkyl halides is 3. The summed E-state index contributed by atoms with van der Waals surface area (Å²) in [7, 11) is 0. The molecular weight excluding hydrogens is 429 g/mol. The molecule has 4 rings (SSSR count). The van der Waals surface area contributed by atoms with E-state index in [9.17, 15) is 23.1 Å². The van der Waals surface area contributed by atoms with E-state index in [1.807, 2.05) is 51.1 Å². The smallest absolute Gasteiger partial charge is 0.362 e. The van der Waals surface area contributed by atoms with Crippen molar-refractivity contribution in [3.05, 3.63) is 60.2 Å². The zero-order valence-corrected chi connectivity index (χ0v) is 19.1. The Morgan fingerprint density at radius 2 is 1.70 bits per heavy atom. The lowest BCUT2D eigenvalue weighted by Gasteiger charge is -2.43. The lowest BCUT2D eigenvalue weighted by molar-refractivity contribution is -0.314. The predicted molar refractivity (Wildman–Crippen MR) is 121 cm³/mol. The van der Waals surface area contributed by atoms with Crippen molar-refractivity contribution in [2.24, 2.45) is 22.4 Å². The first-order valence-corrected chi connectivity index (χ1v) is 11.4. The summed E-state index contributed by atoms with van der Waals surface area (Å²) in [6.45, 7) is 6.10. The van der Waals surface area contributed by atoms with Crippen molar-refractivity contribution in [2.45, 2.75) is 58.4 Å². The Labute approximate surface area is 192 Å². The van der Waals surface area contributed by atoms with Gasteiger partial charge < -0.3 is 5.11 Å². The van der Waals surface area contributed by atoms with E-state index in [0.29, 0.717) is 12.8 Å². The molecule has 2 aliphatic rings. The second-order valence-electron chi connectivity index (χ2n) is 9.74. The maximum atomic E-state index is 14.3. The summed E-state index contributed by atoms with van der Waals surface area (Å²) in [4.78, 5) is 13.2. The summed E-state index contributed by atoms with van der Waals surface area (Å²) in [5.74, 6) is -2.21. The average Bonchev–Trinajstić information content (AvgIpc) is 3.12. The maximum absolute atomic E-state index is 14.3. The van der Waals surface area contributed by atoms with Crippen LogP contribution in [0.25, 0.3) is 11.1 Å². The van der Waals surface area contributed by atoms with Crippen LogP contribution in [0.2, 0.25) is 0 Å². The monoisotopic (exact) mass is 458 g/mol. The molecule has 2 aromatic rings. The van der Waals surface area contributed by atoms with E-state index in [0.717, 1.165) is 17.5 Å². The van der Waals surface area contributed by atoms with Gasteiger partial charge in [-0.1, -0.05) is 69.7 Å². The molecule has 3 atom stereocenters. The van der Waals surface area contributed by atoms with Crippen LogP contribution in [0.4, 0.5) is 13.2 Å². The minimum absolute atomic E-state index is 0.000493. The molecule has 2 aromatic carbocycles. The van der Waals surface area contributed by atoms with E-state index in [1.165, 1.54) is 12.1 Å². The second kappa shape index (κ2) is 8.28. The molecule has 33 heavy (non-hydrogen) atoms. The number of halogens is 3. The number of nitrogens with zero attached hydrogens (tertiary/aromatic N) is 2. The number of carbonyl (C=O) groups excluding carboxylic acids is 1. The van der Waals surface area contributed by atoms with Crippen LogP contribution in [-0.4, -0.2) is 33.6 Å². The summed E-state index contributed by atoms with van der Waals surface area (Å²) in [5.41, 5.74) is -1.44. The fourth-order valence-electron chi connectivity index (χ4n) is 4.98. The Morgan fingerprint density at radius 3 is 2.27 bits per heavy atom. The van der Waals surface area contributed by atoms with E-state index >= 15 is 0 Å². The summed E-state index contributed by atoms with van der Waals surface area (Å²) < 4.78 is 42.9. The molecule has 1 saturated carbocycles. The van der Waals surface area contributed by atoms with Crippen molar-refractivity contribution in [1.29, 1.82) is 0 Å². The van der Waals surface area contributed by atoms with Crippen molar-refractivity contribution in [1.82, 2.24) is 5.01 Å². The fourth-order valence-corrected chi connectivity index (χ4v) is 4.98. The third-order valence-electron chi connectivity index (χ3n) is 7.57. The summed E-state index contributed by atoms with van der Waals surface area (Å²) in [6.07, 6.45) is -3.04. The first-order valence-electron chi connectivity index (χ1n) is 11.4. The van der Waals surface area contributed by atoms with Gasteiger partial charge >= 0.3 is 6.18 Å². The Kier molecular flexibility index (Phi) is 5.89. The van der Waals surface area contributed by atoms with Crippen molar-refractivity contribution in [3.8, 4) is 11.1 Å². The minimum Gasteiger partial charge on any atom is -0.362 e. The van der Waals surface area contributed by atoms with Crippen LogP contribution in [0.1, 0.15) is 56.8 Å². The number of hydrogen-bond donors (Lipinski definition) is 1. The van der Waals surface area contributed by atoms with Crippen LogP contribution in [0.5, 0.6) is 0 Å². The number of aliphatic hydroxyl groups is 1. The minimum atomic E-state index is -5.04. The molecule has 176 valence electrons. The van der Waals surface area contributed by atoms with Gasteiger partial charge in [0.15, 0.2) is 0 Å². The molecule has 1 aliphatic carbocycles.